The maximum Gasteiger partial charge on any atom is 0.258 e. The summed E-state index contributed by atoms with van der Waals surface area (Å²) in [7, 11) is 1.71. The van der Waals surface area contributed by atoms with Gasteiger partial charge in [-0.3, -0.25) is 4.79 Å². The Kier molecular flexibility index (Phi) is 3.42. The first-order valence-electron chi connectivity index (χ1n) is 5.92. The maximum absolute atomic E-state index is 12.4. The second-order valence-electron chi connectivity index (χ2n) is 4.45. The summed E-state index contributed by atoms with van der Waals surface area (Å²) < 4.78 is 0. The van der Waals surface area contributed by atoms with E-state index in [1.54, 1.807) is 55.3 Å². The molecule has 0 heterocycles. The van der Waals surface area contributed by atoms with E-state index in [0.29, 0.717) is 11.3 Å². The molecule has 3 N–H and O–H groups in total. The minimum atomic E-state index is -0.123. The Morgan fingerprint density at radius 3 is 2.37 bits per heavy atom. The minimum Gasteiger partial charge on any atom is -0.508 e. The van der Waals surface area contributed by atoms with E-state index in [-0.39, 0.29) is 11.7 Å². The number of carbonyl (C=O) groups is 1. The lowest BCUT2D eigenvalue weighted by molar-refractivity contribution is 0.0992. The van der Waals surface area contributed by atoms with Crippen molar-refractivity contribution in [1.29, 1.82) is 0 Å². The molecule has 98 valence electrons. The lowest BCUT2D eigenvalue weighted by atomic mass is 10.1. The van der Waals surface area contributed by atoms with E-state index in [0.717, 1.165) is 11.3 Å². The van der Waals surface area contributed by atoms with Crippen molar-refractivity contribution in [2.24, 2.45) is 0 Å². The number of carbonyl (C=O) groups excluding carboxylic acids is 1. The van der Waals surface area contributed by atoms with E-state index in [1.165, 1.54) is 6.07 Å². The largest absolute Gasteiger partial charge is 0.508 e. The molecule has 0 radical (unpaired) electrons. The number of hydrogen-bond donors (Lipinski definition) is 2. The zero-order valence-corrected chi connectivity index (χ0v) is 10.9. The molecular formula is C15H16N2O2. The highest BCUT2D eigenvalue weighted by Gasteiger charge is 2.15. The molecule has 0 aliphatic rings. The first kappa shape index (κ1) is 13.0. The summed E-state index contributed by atoms with van der Waals surface area (Å²) in [6.45, 7) is 1.80. The van der Waals surface area contributed by atoms with E-state index in [1.807, 2.05) is 0 Å². The van der Waals surface area contributed by atoms with Gasteiger partial charge in [0.15, 0.2) is 0 Å². The number of nitrogens with two attached hydrogens (primary N) is 1. The van der Waals surface area contributed by atoms with E-state index in [2.05, 4.69) is 0 Å². The van der Waals surface area contributed by atoms with Gasteiger partial charge in [0, 0.05) is 24.0 Å². The normalized spacial score (nSPS) is 10.2. The Hall–Kier alpha value is -2.49. The van der Waals surface area contributed by atoms with Crippen molar-refractivity contribution in [3.63, 3.8) is 0 Å². The van der Waals surface area contributed by atoms with Gasteiger partial charge in [0.2, 0.25) is 0 Å². The summed E-state index contributed by atoms with van der Waals surface area (Å²) in [5, 5.41) is 9.37. The number of anilines is 2. The number of benzene rings is 2. The number of rotatable bonds is 2. The maximum atomic E-state index is 12.4. The Balaban J connectivity index is 2.30. The molecule has 0 aromatic heterocycles. The lowest BCUT2D eigenvalue weighted by Crippen LogP contribution is -2.26. The Morgan fingerprint density at radius 2 is 1.79 bits per heavy atom. The number of nitrogens with zero attached hydrogens (tertiary/aromatic N) is 1. The molecule has 2 aromatic carbocycles. The van der Waals surface area contributed by atoms with Crippen molar-refractivity contribution in [3.8, 4) is 5.75 Å². The van der Waals surface area contributed by atoms with Gasteiger partial charge in [-0.15, -0.1) is 0 Å². The van der Waals surface area contributed by atoms with Crippen molar-refractivity contribution < 1.29 is 9.90 Å². The second-order valence-corrected chi connectivity index (χ2v) is 4.45. The van der Waals surface area contributed by atoms with Crippen molar-refractivity contribution in [2.75, 3.05) is 17.7 Å². The topological polar surface area (TPSA) is 66.6 Å². The van der Waals surface area contributed by atoms with E-state index >= 15 is 0 Å². The first-order chi connectivity index (χ1) is 8.99. The molecule has 1 amide bonds. The molecule has 0 atom stereocenters. The van der Waals surface area contributed by atoms with E-state index < -0.39 is 0 Å². The van der Waals surface area contributed by atoms with Gasteiger partial charge in [-0.25, -0.2) is 0 Å². The van der Waals surface area contributed by atoms with Gasteiger partial charge >= 0.3 is 0 Å². The van der Waals surface area contributed by atoms with Gasteiger partial charge in [-0.1, -0.05) is 0 Å². The summed E-state index contributed by atoms with van der Waals surface area (Å²) in [6.07, 6.45) is 0. The molecule has 0 spiro atoms. The van der Waals surface area contributed by atoms with Crippen LogP contribution in [0.1, 0.15) is 15.9 Å². The molecule has 2 aromatic rings. The van der Waals surface area contributed by atoms with Crippen molar-refractivity contribution in [2.45, 2.75) is 6.92 Å². The van der Waals surface area contributed by atoms with E-state index in [4.69, 9.17) is 5.73 Å². The number of phenolic OH excluding ortho intramolecular Hbond substituents is 1. The van der Waals surface area contributed by atoms with Crippen LogP contribution in [-0.4, -0.2) is 18.1 Å². The average molecular weight is 256 g/mol. The van der Waals surface area contributed by atoms with Crippen molar-refractivity contribution in [1.82, 2.24) is 0 Å². The van der Waals surface area contributed by atoms with Crippen LogP contribution in [-0.2, 0) is 0 Å². The molecule has 0 saturated carbocycles. The Morgan fingerprint density at radius 1 is 1.16 bits per heavy atom. The third-order valence-corrected chi connectivity index (χ3v) is 3.03. The monoisotopic (exact) mass is 256 g/mol. The third-order valence-electron chi connectivity index (χ3n) is 3.03. The molecule has 2 rings (SSSR count). The number of hydrogen-bond acceptors (Lipinski definition) is 3. The highest BCUT2D eigenvalue weighted by molar-refractivity contribution is 6.06. The molecule has 0 saturated heterocycles. The first-order valence-corrected chi connectivity index (χ1v) is 5.92. The molecular weight excluding hydrogens is 240 g/mol. The van der Waals surface area contributed by atoms with Crippen molar-refractivity contribution >= 4 is 17.3 Å². The third kappa shape index (κ3) is 2.68. The van der Waals surface area contributed by atoms with Gasteiger partial charge < -0.3 is 15.7 Å². The molecule has 0 aliphatic heterocycles. The van der Waals surface area contributed by atoms with Crippen LogP contribution in [0.15, 0.2) is 42.5 Å². The molecule has 0 aliphatic carbocycles. The van der Waals surface area contributed by atoms with Gasteiger partial charge in [0.05, 0.1) is 0 Å². The predicted molar refractivity (Wildman–Crippen MR) is 76.4 cm³/mol. The Bertz CT molecular complexity index is 606. The summed E-state index contributed by atoms with van der Waals surface area (Å²) in [4.78, 5) is 13.9. The molecule has 0 fully saturated rings. The summed E-state index contributed by atoms with van der Waals surface area (Å²) in [6, 6.07) is 11.8. The standard InChI is InChI=1S/C15H16N2O2/c1-10-9-13(18)7-8-14(10)15(19)17(2)12-5-3-11(16)4-6-12/h3-9,18H,16H2,1-2H3. The second kappa shape index (κ2) is 5.02. The van der Waals surface area contributed by atoms with Crippen LogP contribution in [0, 0.1) is 6.92 Å². The van der Waals surface area contributed by atoms with Crippen LogP contribution in [0.2, 0.25) is 0 Å². The van der Waals surface area contributed by atoms with Crippen LogP contribution in [0.4, 0.5) is 11.4 Å². The van der Waals surface area contributed by atoms with Crippen LogP contribution in [0.25, 0.3) is 0 Å². The number of aryl methyl sites for hydroxylation is 1. The SMILES string of the molecule is Cc1cc(O)ccc1C(=O)N(C)c1ccc(N)cc1. The van der Waals surface area contributed by atoms with Gasteiger partial charge in [-0.2, -0.15) is 0 Å². The number of nitrogen functional groups attached to an aromatic ring is 1. The molecule has 0 bridgehead atoms. The number of phenols is 1. The van der Waals surface area contributed by atoms with Crippen LogP contribution >= 0.6 is 0 Å². The molecule has 4 heteroatoms. The molecule has 0 unspecified atom stereocenters. The molecule has 4 nitrogen and oxygen atoms in total. The number of amides is 1. The summed E-state index contributed by atoms with van der Waals surface area (Å²) in [5.41, 5.74) is 8.36. The predicted octanol–water partition coefficient (Wildman–Crippen LogP) is 2.56. The van der Waals surface area contributed by atoms with Gasteiger partial charge in [0.25, 0.3) is 5.91 Å². The average Bonchev–Trinajstić information content (AvgIpc) is 2.38. The lowest BCUT2D eigenvalue weighted by Gasteiger charge is -2.18. The molecule has 19 heavy (non-hydrogen) atoms. The quantitative estimate of drug-likeness (QED) is 0.811. The Labute approximate surface area is 112 Å². The smallest absolute Gasteiger partial charge is 0.258 e. The highest BCUT2D eigenvalue weighted by Crippen LogP contribution is 2.21. The van der Waals surface area contributed by atoms with Crippen LogP contribution in [0.3, 0.4) is 0 Å². The van der Waals surface area contributed by atoms with Gasteiger partial charge in [0.1, 0.15) is 5.75 Å². The fourth-order valence-corrected chi connectivity index (χ4v) is 1.88. The number of aromatic hydroxyl groups is 1. The van der Waals surface area contributed by atoms with Crippen LogP contribution in [0.5, 0.6) is 5.75 Å². The fourth-order valence-electron chi connectivity index (χ4n) is 1.88. The zero-order valence-electron chi connectivity index (χ0n) is 10.9. The van der Waals surface area contributed by atoms with E-state index in [9.17, 15) is 9.90 Å². The zero-order chi connectivity index (χ0) is 14.0. The summed E-state index contributed by atoms with van der Waals surface area (Å²) >= 11 is 0. The highest BCUT2D eigenvalue weighted by atomic mass is 16.3. The van der Waals surface area contributed by atoms with Gasteiger partial charge in [-0.05, 0) is 55.0 Å². The van der Waals surface area contributed by atoms with Crippen molar-refractivity contribution in [3.05, 3.63) is 53.6 Å². The van der Waals surface area contributed by atoms with Crippen LogP contribution < -0.4 is 10.6 Å². The fraction of sp³-hybridized carbons (Fsp3) is 0.133. The summed E-state index contributed by atoms with van der Waals surface area (Å²) in [5.74, 6) is 0.0338. The minimum absolute atomic E-state index is 0.123.